The van der Waals surface area contributed by atoms with Gasteiger partial charge in [-0.05, 0) is 25.0 Å². The van der Waals surface area contributed by atoms with Crippen LogP contribution in [0.1, 0.15) is 18.5 Å². The highest BCUT2D eigenvalue weighted by molar-refractivity contribution is 5.70. The van der Waals surface area contributed by atoms with Gasteiger partial charge in [-0.15, -0.1) is 0 Å². The monoisotopic (exact) mass is 327 g/mol. The Labute approximate surface area is 139 Å². The molecule has 7 heteroatoms. The second kappa shape index (κ2) is 6.62. The maximum atomic E-state index is 11.1. The Balaban J connectivity index is 1.89. The van der Waals surface area contributed by atoms with Crippen molar-refractivity contribution in [2.75, 3.05) is 25.1 Å². The third kappa shape index (κ3) is 2.91. The number of carbonyl (C=O) groups is 1. The van der Waals surface area contributed by atoms with Crippen LogP contribution in [0.3, 0.4) is 0 Å². The average molecular weight is 327 g/mol. The maximum absolute atomic E-state index is 11.1. The smallest absolute Gasteiger partial charge is 0.306 e. The molecule has 2 aromatic rings. The fourth-order valence-electron chi connectivity index (χ4n) is 2.87. The fraction of sp³-hybridized carbons (Fsp3) is 0.353. The lowest BCUT2D eigenvalue weighted by atomic mass is 9.97. The number of benzene rings is 1. The zero-order valence-electron chi connectivity index (χ0n) is 13.2. The minimum Gasteiger partial charge on any atom is -0.496 e. The minimum absolute atomic E-state index is 0.199. The van der Waals surface area contributed by atoms with Gasteiger partial charge in [-0.1, -0.05) is 12.1 Å². The van der Waals surface area contributed by atoms with Crippen molar-refractivity contribution in [3.63, 3.8) is 0 Å². The van der Waals surface area contributed by atoms with Crippen LogP contribution in [-0.2, 0) is 4.79 Å². The van der Waals surface area contributed by atoms with Crippen LogP contribution in [0.15, 0.2) is 28.7 Å². The predicted molar refractivity (Wildman–Crippen MR) is 85.8 cm³/mol. The molecule has 1 aliphatic heterocycles. The van der Waals surface area contributed by atoms with Crippen molar-refractivity contribution in [2.45, 2.75) is 12.8 Å². The summed E-state index contributed by atoms with van der Waals surface area (Å²) in [5, 5.41) is 18.4. The Morgan fingerprint density at radius 1 is 1.42 bits per heavy atom. The van der Waals surface area contributed by atoms with Gasteiger partial charge in [0.2, 0.25) is 17.5 Å². The van der Waals surface area contributed by atoms with Crippen LogP contribution in [0.5, 0.6) is 5.75 Å². The summed E-state index contributed by atoms with van der Waals surface area (Å²) in [5.74, 6) is 0.201. The number of piperidine rings is 1. The van der Waals surface area contributed by atoms with E-state index in [1.54, 1.807) is 13.2 Å². The first kappa shape index (κ1) is 15.9. The first-order chi connectivity index (χ1) is 11.6. The third-order valence-electron chi connectivity index (χ3n) is 4.18. The number of aromatic nitrogens is 1. The number of oxazole rings is 1. The Hall–Kier alpha value is -3.01. The second-order valence-electron chi connectivity index (χ2n) is 5.58. The highest BCUT2D eigenvalue weighted by atomic mass is 16.5. The Kier molecular flexibility index (Phi) is 4.38. The standard InChI is InChI=1S/C17H17N3O4/c1-23-14-5-3-2-4-12(14)15-19-13(10-18)16(24-15)20-8-6-11(7-9-20)17(21)22/h2-5,11H,6-9H2,1H3,(H,21,22). The number of rotatable bonds is 4. The lowest BCUT2D eigenvalue weighted by Crippen LogP contribution is -2.36. The van der Waals surface area contributed by atoms with Gasteiger partial charge in [0.25, 0.3) is 0 Å². The number of nitriles is 1. The van der Waals surface area contributed by atoms with Gasteiger partial charge >= 0.3 is 5.97 Å². The molecule has 0 spiro atoms. The maximum Gasteiger partial charge on any atom is 0.306 e. The SMILES string of the molecule is COc1ccccc1-c1nc(C#N)c(N2CCC(C(=O)O)CC2)o1. The zero-order chi connectivity index (χ0) is 17.1. The minimum atomic E-state index is -0.776. The Bertz CT molecular complexity index is 785. The summed E-state index contributed by atoms with van der Waals surface area (Å²) in [6.07, 6.45) is 1.04. The number of nitrogens with zero attached hydrogens (tertiary/aromatic N) is 3. The van der Waals surface area contributed by atoms with Crippen molar-refractivity contribution in [3.05, 3.63) is 30.0 Å². The van der Waals surface area contributed by atoms with Crippen LogP contribution in [0.25, 0.3) is 11.5 Å². The molecule has 7 nitrogen and oxygen atoms in total. The molecule has 1 aliphatic rings. The van der Waals surface area contributed by atoms with E-state index in [1.165, 1.54) is 0 Å². The van der Waals surface area contributed by atoms with Gasteiger partial charge in [0.05, 0.1) is 18.6 Å². The van der Waals surface area contributed by atoms with Crippen molar-refractivity contribution in [1.29, 1.82) is 5.26 Å². The van der Waals surface area contributed by atoms with Gasteiger partial charge in [0.15, 0.2) is 0 Å². The number of methoxy groups -OCH3 is 1. The van der Waals surface area contributed by atoms with E-state index in [2.05, 4.69) is 11.1 Å². The summed E-state index contributed by atoms with van der Waals surface area (Å²) >= 11 is 0. The van der Waals surface area contributed by atoms with Crippen LogP contribution in [-0.4, -0.2) is 36.3 Å². The summed E-state index contributed by atoms with van der Waals surface area (Å²) in [7, 11) is 1.56. The molecule has 0 bridgehead atoms. The van der Waals surface area contributed by atoms with E-state index in [0.717, 1.165) is 0 Å². The van der Waals surface area contributed by atoms with E-state index in [-0.39, 0.29) is 11.6 Å². The molecule has 0 radical (unpaired) electrons. The first-order valence-corrected chi connectivity index (χ1v) is 7.66. The second-order valence-corrected chi connectivity index (χ2v) is 5.58. The first-order valence-electron chi connectivity index (χ1n) is 7.66. The summed E-state index contributed by atoms with van der Waals surface area (Å²) in [5.41, 5.74) is 0.868. The van der Waals surface area contributed by atoms with E-state index in [9.17, 15) is 10.1 Å². The van der Waals surface area contributed by atoms with Crippen LogP contribution in [0.4, 0.5) is 5.88 Å². The molecule has 124 valence electrons. The molecule has 1 fully saturated rings. The van der Waals surface area contributed by atoms with E-state index < -0.39 is 5.97 Å². The molecule has 24 heavy (non-hydrogen) atoms. The number of carboxylic acids is 1. The van der Waals surface area contributed by atoms with Gasteiger partial charge < -0.3 is 19.2 Å². The third-order valence-corrected chi connectivity index (χ3v) is 4.18. The van der Waals surface area contributed by atoms with Gasteiger partial charge in [-0.2, -0.15) is 10.2 Å². The highest BCUT2D eigenvalue weighted by Gasteiger charge is 2.29. The molecular formula is C17H17N3O4. The van der Waals surface area contributed by atoms with Crippen LogP contribution < -0.4 is 9.64 Å². The average Bonchev–Trinajstić information content (AvgIpc) is 3.06. The molecular weight excluding hydrogens is 310 g/mol. The molecule has 0 saturated carbocycles. The van der Waals surface area contributed by atoms with Gasteiger partial charge in [-0.3, -0.25) is 4.79 Å². The fourth-order valence-corrected chi connectivity index (χ4v) is 2.87. The molecule has 0 amide bonds. The van der Waals surface area contributed by atoms with Gasteiger partial charge in [0, 0.05) is 13.1 Å². The summed E-state index contributed by atoms with van der Waals surface area (Å²) in [4.78, 5) is 17.2. The van der Waals surface area contributed by atoms with E-state index >= 15 is 0 Å². The molecule has 0 unspecified atom stereocenters. The largest absolute Gasteiger partial charge is 0.496 e. The van der Waals surface area contributed by atoms with E-state index in [1.807, 2.05) is 23.1 Å². The number of anilines is 1. The lowest BCUT2D eigenvalue weighted by Gasteiger charge is -2.29. The normalized spacial score (nSPS) is 15.1. The van der Waals surface area contributed by atoms with Gasteiger partial charge in [-0.25, -0.2) is 0 Å². The van der Waals surface area contributed by atoms with E-state index in [4.69, 9.17) is 14.3 Å². The van der Waals surface area contributed by atoms with Crippen molar-refractivity contribution >= 4 is 11.9 Å². The number of carboxylic acid groups (broad SMARTS) is 1. The molecule has 3 rings (SSSR count). The molecule has 1 aromatic heterocycles. The molecule has 1 aromatic carbocycles. The number of ether oxygens (including phenoxy) is 1. The van der Waals surface area contributed by atoms with Crippen LogP contribution >= 0.6 is 0 Å². The molecule has 0 atom stereocenters. The quantitative estimate of drug-likeness (QED) is 0.921. The summed E-state index contributed by atoms with van der Waals surface area (Å²) < 4.78 is 11.1. The summed E-state index contributed by atoms with van der Waals surface area (Å²) in [6.45, 7) is 1.04. The molecule has 2 heterocycles. The molecule has 0 aliphatic carbocycles. The topological polar surface area (TPSA) is 99.6 Å². The molecule has 1 N–H and O–H groups in total. The van der Waals surface area contributed by atoms with Crippen molar-refractivity contribution in [2.24, 2.45) is 5.92 Å². The number of para-hydroxylation sites is 1. The number of hydrogen-bond donors (Lipinski definition) is 1. The van der Waals surface area contributed by atoms with Crippen molar-refractivity contribution in [3.8, 4) is 23.3 Å². The predicted octanol–water partition coefficient (Wildman–Crippen LogP) is 2.52. The van der Waals surface area contributed by atoms with Crippen LogP contribution in [0, 0.1) is 17.2 Å². The lowest BCUT2D eigenvalue weighted by molar-refractivity contribution is -0.142. The Morgan fingerprint density at radius 2 is 2.12 bits per heavy atom. The summed E-state index contributed by atoms with van der Waals surface area (Å²) in [6, 6.07) is 9.34. The Morgan fingerprint density at radius 3 is 2.75 bits per heavy atom. The zero-order valence-corrected chi connectivity index (χ0v) is 13.2. The van der Waals surface area contributed by atoms with E-state index in [0.29, 0.717) is 49.0 Å². The molecule has 1 saturated heterocycles. The van der Waals surface area contributed by atoms with Crippen molar-refractivity contribution in [1.82, 2.24) is 4.98 Å². The van der Waals surface area contributed by atoms with Crippen molar-refractivity contribution < 1.29 is 19.1 Å². The number of hydrogen-bond acceptors (Lipinski definition) is 6. The van der Waals surface area contributed by atoms with Gasteiger partial charge in [0.1, 0.15) is 11.8 Å². The highest BCUT2D eigenvalue weighted by Crippen LogP contribution is 2.34. The number of aliphatic carboxylic acids is 1. The van der Waals surface area contributed by atoms with Crippen LogP contribution in [0.2, 0.25) is 0 Å².